The fourth-order valence-corrected chi connectivity index (χ4v) is 0.623. The third kappa shape index (κ3) is 4.01. The summed E-state index contributed by atoms with van der Waals surface area (Å²) in [5, 5.41) is 16.8. The zero-order valence-corrected chi connectivity index (χ0v) is 5.38. The fraction of sp³-hybridized carbons (Fsp3) is 0.714. The predicted octanol–water partition coefficient (Wildman–Crippen LogP) is 0.000600. The lowest BCUT2D eigenvalue weighted by Crippen LogP contribution is -2.02. The highest BCUT2D eigenvalue weighted by atomic mass is 16.3. The van der Waals surface area contributed by atoms with E-state index in [0.717, 1.165) is 0 Å². The molecule has 0 aliphatic carbocycles. The van der Waals surface area contributed by atoms with Gasteiger partial charge in [-0.2, -0.15) is 0 Å². The Hall–Kier alpha value is -0.520. The Morgan fingerprint density at radius 2 is 1.67 bits per heavy atom. The first-order chi connectivity index (χ1) is 4.35. The molecule has 0 heterocycles. The van der Waals surface area contributed by atoms with Gasteiger partial charge in [0.05, 0.1) is 0 Å². The molecule has 52 valence electrons. The molecule has 0 saturated carbocycles. The van der Waals surface area contributed by atoms with Crippen LogP contribution in [0.25, 0.3) is 0 Å². The van der Waals surface area contributed by atoms with Crippen LogP contribution in [0.4, 0.5) is 0 Å². The molecule has 0 aliphatic heterocycles. The minimum Gasteiger partial charge on any atom is -0.396 e. The van der Waals surface area contributed by atoms with Crippen LogP contribution in [0.5, 0.6) is 0 Å². The predicted molar refractivity (Wildman–Crippen MR) is 35.7 cm³/mol. The standard InChI is InChI=1S/C7H12O2/c1-2-7(3-5-8)4-6-9/h1,7-9H,3-6H2. The van der Waals surface area contributed by atoms with E-state index in [2.05, 4.69) is 5.92 Å². The van der Waals surface area contributed by atoms with Crippen molar-refractivity contribution in [1.29, 1.82) is 0 Å². The zero-order valence-electron chi connectivity index (χ0n) is 5.38. The largest absolute Gasteiger partial charge is 0.396 e. The lowest BCUT2D eigenvalue weighted by atomic mass is 10.0. The van der Waals surface area contributed by atoms with Gasteiger partial charge < -0.3 is 10.2 Å². The van der Waals surface area contributed by atoms with Crippen LogP contribution >= 0.6 is 0 Å². The van der Waals surface area contributed by atoms with Crippen LogP contribution in [0.3, 0.4) is 0 Å². The molecule has 0 aromatic heterocycles. The Kier molecular flexibility index (Phi) is 5.29. The van der Waals surface area contributed by atoms with Gasteiger partial charge in [0.15, 0.2) is 0 Å². The first-order valence-electron chi connectivity index (χ1n) is 3.03. The second-order valence-corrected chi connectivity index (χ2v) is 1.89. The molecule has 0 radical (unpaired) electrons. The van der Waals surface area contributed by atoms with Crippen molar-refractivity contribution < 1.29 is 10.2 Å². The minimum atomic E-state index is 0.0417. The molecule has 0 rings (SSSR count). The fourth-order valence-electron chi connectivity index (χ4n) is 0.623. The van der Waals surface area contributed by atoms with Gasteiger partial charge in [-0.05, 0) is 12.8 Å². The van der Waals surface area contributed by atoms with Gasteiger partial charge in [-0.15, -0.1) is 12.3 Å². The summed E-state index contributed by atoms with van der Waals surface area (Å²) in [6.07, 6.45) is 6.26. The molecule has 2 nitrogen and oxygen atoms in total. The van der Waals surface area contributed by atoms with E-state index in [0.29, 0.717) is 12.8 Å². The van der Waals surface area contributed by atoms with Crippen molar-refractivity contribution in [2.24, 2.45) is 5.92 Å². The van der Waals surface area contributed by atoms with Crippen molar-refractivity contribution in [3.63, 3.8) is 0 Å². The smallest absolute Gasteiger partial charge is 0.0442 e. The highest BCUT2D eigenvalue weighted by molar-refractivity contribution is 4.92. The summed E-state index contributed by atoms with van der Waals surface area (Å²) in [5.41, 5.74) is 0. The second-order valence-electron chi connectivity index (χ2n) is 1.89. The molecular formula is C7H12O2. The Balaban J connectivity index is 3.32. The summed E-state index contributed by atoms with van der Waals surface area (Å²) in [6, 6.07) is 0. The van der Waals surface area contributed by atoms with Crippen LogP contribution in [0.1, 0.15) is 12.8 Å². The van der Waals surface area contributed by atoms with E-state index >= 15 is 0 Å². The Labute approximate surface area is 55.5 Å². The van der Waals surface area contributed by atoms with Gasteiger partial charge in [-0.3, -0.25) is 0 Å². The van der Waals surface area contributed by atoms with Gasteiger partial charge in [-0.1, -0.05) is 0 Å². The molecular weight excluding hydrogens is 116 g/mol. The number of aliphatic hydroxyl groups is 2. The van der Waals surface area contributed by atoms with Crippen molar-refractivity contribution in [1.82, 2.24) is 0 Å². The van der Waals surface area contributed by atoms with Gasteiger partial charge in [-0.25, -0.2) is 0 Å². The minimum absolute atomic E-state index is 0.0417. The van der Waals surface area contributed by atoms with Crippen LogP contribution in [0, 0.1) is 18.3 Å². The topological polar surface area (TPSA) is 40.5 Å². The van der Waals surface area contributed by atoms with Gasteiger partial charge in [0.25, 0.3) is 0 Å². The maximum Gasteiger partial charge on any atom is 0.0442 e. The van der Waals surface area contributed by atoms with Crippen LogP contribution in [-0.2, 0) is 0 Å². The number of rotatable bonds is 4. The maximum atomic E-state index is 8.42. The molecule has 0 atom stereocenters. The summed E-state index contributed by atoms with van der Waals surface area (Å²) in [7, 11) is 0. The molecule has 9 heavy (non-hydrogen) atoms. The monoisotopic (exact) mass is 128 g/mol. The highest BCUT2D eigenvalue weighted by Crippen LogP contribution is 2.04. The van der Waals surface area contributed by atoms with Crippen molar-refractivity contribution in [2.45, 2.75) is 12.8 Å². The number of terminal acetylenes is 1. The number of aliphatic hydroxyl groups excluding tert-OH is 2. The lowest BCUT2D eigenvalue weighted by Gasteiger charge is -2.04. The molecule has 0 aromatic carbocycles. The van der Waals surface area contributed by atoms with Gasteiger partial charge in [0.2, 0.25) is 0 Å². The summed E-state index contributed by atoms with van der Waals surface area (Å²) in [5.74, 6) is 2.53. The van der Waals surface area contributed by atoms with E-state index < -0.39 is 0 Å². The SMILES string of the molecule is C#CC(CCO)CCO. The zero-order chi connectivity index (χ0) is 7.11. The lowest BCUT2D eigenvalue weighted by molar-refractivity contribution is 0.237. The van der Waals surface area contributed by atoms with E-state index in [4.69, 9.17) is 16.6 Å². The third-order valence-electron chi connectivity index (χ3n) is 1.19. The van der Waals surface area contributed by atoms with Gasteiger partial charge >= 0.3 is 0 Å². The molecule has 0 unspecified atom stereocenters. The molecule has 0 saturated heterocycles. The maximum absolute atomic E-state index is 8.42. The number of hydrogen-bond acceptors (Lipinski definition) is 2. The molecule has 0 aromatic rings. The number of hydrogen-bond donors (Lipinski definition) is 2. The average Bonchev–Trinajstić information content (AvgIpc) is 1.88. The molecule has 0 fully saturated rings. The molecule has 0 bridgehead atoms. The molecule has 0 aliphatic rings. The van der Waals surface area contributed by atoms with E-state index in [1.54, 1.807) is 0 Å². The Bertz CT molecular complexity index is 87.6. The van der Waals surface area contributed by atoms with Gasteiger partial charge in [0, 0.05) is 19.1 Å². The Morgan fingerprint density at radius 1 is 1.22 bits per heavy atom. The van der Waals surface area contributed by atoms with Gasteiger partial charge in [0.1, 0.15) is 0 Å². The highest BCUT2D eigenvalue weighted by Gasteiger charge is 2.00. The van der Waals surface area contributed by atoms with E-state index in [-0.39, 0.29) is 19.1 Å². The molecule has 2 N–H and O–H groups in total. The van der Waals surface area contributed by atoms with E-state index in [1.807, 2.05) is 0 Å². The van der Waals surface area contributed by atoms with E-state index in [1.165, 1.54) is 0 Å². The summed E-state index contributed by atoms with van der Waals surface area (Å²) >= 11 is 0. The molecule has 0 amide bonds. The molecule has 2 heteroatoms. The Morgan fingerprint density at radius 3 is 1.89 bits per heavy atom. The van der Waals surface area contributed by atoms with E-state index in [9.17, 15) is 0 Å². The average molecular weight is 128 g/mol. The van der Waals surface area contributed by atoms with Crippen LogP contribution in [-0.4, -0.2) is 23.4 Å². The van der Waals surface area contributed by atoms with Crippen LogP contribution in [0.15, 0.2) is 0 Å². The summed E-state index contributed by atoms with van der Waals surface area (Å²) in [6.45, 7) is 0.212. The van der Waals surface area contributed by atoms with Crippen molar-refractivity contribution in [2.75, 3.05) is 13.2 Å². The summed E-state index contributed by atoms with van der Waals surface area (Å²) in [4.78, 5) is 0. The normalized spacial score (nSPS) is 9.56. The van der Waals surface area contributed by atoms with Crippen LogP contribution < -0.4 is 0 Å². The van der Waals surface area contributed by atoms with Crippen molar-refractivity contribution in [3.05, 3.63) is 0 Å². The quantitative estimate of drug-likeness (QED) is 0.523. The first kappa shape index (κ1) is 8.48. The van der Waals surface area contributed by atoms with Crippen molar-refractivity contribution >= 4 is 0 Å². The third-order valence-corrected chi connectivity index (χ3v) is 1.19. The van der Waals surface area contributed by atoms with Crippen LogP contribution in [0.2, 0.25) is 0 Å². The van der Waals surface area contributed by atoms with Crippen molar-refractivity contribution in [3.8, 4) is 12.3 Å². The summed E-state index contributed by atoms with van der Waals surface area (Å²) < 4.78 is 0. The second kappa shape index (κ2) is 5.61. The first-order valence-corrected chi connectivity index (χ1v) is 3.03. The molecule has 0 spiro atoms.